The van der Waals surface area contributed by atoms with Crippen LogP contribution in [0.15, 0.2) is 24.3 Å². The highest BCUT2D eigenvalue weighted by Crippen LogP contribution is 2.19. The van der Waals surface area contributed by atoms with Gasteiger partial charge in [0.1, 0.15) is 0 Å². The average Bonchev–Trinajstić information content (AvgIpc) is 2.13. The third-order valence-electron chi connectivity index (χ3n) is 2.36. The van der Waals surface area contributed by atoms with E-state index in [4.69, 9.17) is 11.6 Å². The lowest BCUT2D eigenvalue weighted by Crippen LogP contribution is -2.38. The fraction of sp³-hybridized carbons (Fsp3) is 0.538. The predicted molar refractivity (Wildman–Crippen MR) is 67.6 cm³/mol. The molecule has 0 radical (unpaired) electrons. The Labute approximate surface area is 97.8 Å². The molecule has 0 fully saturated rings. The van der Waals surface area contributed by atoms with Crippen molar-refractivity contribution in [3.05, 3.63) is 34.9 Å². The van der Waals surface area contributed by atoms with E-state index < -0.39 is 0 Å². The van der Waals surface area contributed by atoms with Crippen LogP contribution in [0.2, 0.25) is 5.02 Å². The molecule has 0 aliphatic rings. The Hall–Kier alpha value is -0.530. The predicted octanol–water partition coefficient (Wildman–Crippen LogP) is 3.83. The molecule has 0 saturated carbocycles. The van der Waals surface area contributed by atoms with Crippen LogP contribution in [0.25, 0.3) is 0 Å². The molecule has 1 rings (SSSR count). The van der Waals surface area contributed by atoms with Gasteiger partial charge in [0.05, 0.1) is 0 Å². The van der Waals surface area contributed by atoms with E-state index in [9.17, 15) is 0 Å². The van der Waals surface area contributed by atoms with Gasteiger partial charge >= 0.3 is 0 Å². The number of hydrogen-bond donors (Lipinski definition) is 1. The van der Waals surface area contributed by atoms with Gasteiger partial charge in [-0.05, 0) is 44.4 Å². The van der Waals surface area contributed by atoms with E-state index in [2.05, 4.69) is 39.1 Å². The Kier molecular flexibility index (Phi) is 4.18. The molecular formula is C13H20ClN. The highest BCUT2D eigenvalue weighted by molar-refractivity contribution is 6.30. The molecule has 1 N–H and O–H groups in total. The first kappa shape index (κ1) is 12.5. The quantitative estimate of drug-likeness (QED) is 0.825. The van der Waals surface area contributed by atoms with E-state index in [0.29, 0.717) is 5.92 Å². The number of halogens is 1. The Morgan fingerprint density at radius 2 is 2.00 bits per heavy atom. The molecule has 15 heavy (non-hydrogen) atoms. The van der Waals surface area contributed by atoms with Crippen molar-refractivity contribution >= 4 is 11.6 Å². The van der Waals surface area contributed by atoms with E-state index in [1.54, 1.807) is 0 Å². The number of hydrogen-bond acceptors (Lipinski definition) is 1. The summed E-state index contributed by atoms with van der Waals surface area (Å²) in [5.74, 6) is 0.489. The summed E-state index contributed by atoms with van der Waals surface area (Å²) in [7, 11) is 0. The monoisotopic (exact) mass is 225 g/mol. The molecule has 0 aliphatic heterocycles. The molecular weight excluding hydrogens is 206 g/mol. The lowest BCUT2D eigenvalue weighted by Gasteiger charge is -2.23. The summed E-state index contributed by atoms with van der Waals surface area (Å²) in [4.78, 5) is 0. The Morgan fingerprint density at radius 1 is 1.33 bits per heavy atom. The second-order valence-corrected chi connectivity index (χ2v) is 5.52. The van der Waals surface area contributed by atoms with Crippen LogP contribution in [0.4, 0.5) is 0 Å². The molecule has 1 atom stereocenters. The largest absolute Gasteiger partial charge is 0.311 e. The van der Waals surface area contributed by atoms with Gasteiger partial charge in [0.25, 0.3) is 0 Å². The van der Waals surface area contributed by atoms with Crippen LogP contribution in [0.3, 0.4) is 0 Å². The van der Waals surface area contributed by atoms with E-state index in [-0.39, 0.29) is 5.54 Å². The Bertz CT molecular complexity index is 315. The molecule has 84 valence electrons. The minimum absolute atomic E-state index is 0.173. The SMILES string of the molecule is CC(CNC(C)(C)C)c1cccc(Cl)c1. The number of nitrogens with one attached hydrogen (secondary N) is 1. The maximum atomic E-state index is 5.96. The summed E-state index contributed by atoms with van der Waals surface area (Å²) in [5.41, 5.74) is 1.46. The maximum Gasteiger partial charge on any atom is 0.0408 e. The third-order valence-corrected chi connectivity index (χ3v) is 2.59. The van der Waals surface area contributed by atoms with Crippen molar-refractivity contribution in [2.24, 2.45) is 0 Å². The highest BCUT2D eigenvalue weighted by Gasteiger charge is 2.12. The molecule has 0 bridgehead atoms. The Morgan fingerprint density at radius 3 is 2.53 bits per heavy atom. The molecule has 0 amide bonds. The summed E-state index contributed by atoms with van der Waals surface area (Å²) >= 11 is 5.96. The zero-order valence-electron chi connectivity index (χ0n) is 9.97. The van der Waals surface area contributed by atoms with Crippen LogP contribution >= 0.6 is 11.6 Å². The first-order valence-corrected chi connectivity index (χ1v) is 5.77. The lowest BCUT2D eigenvalue weighted by atomic mass is 9.99. The van der Waals surface area contributed by atoms with Crippen molar-refractivity contribution < 1.29 is 0 Å². The van der Waals surface area contributed by atoms with Gasteiger partial charge in [-0.1, -0.05) is 30.7 Å². The van der Waals surface area contributed by atoms with Crippen molar-refractivity contribution in [2.75, 3.05) is 6.54 Å². The van der Waals surface area contributed by atoms with Crippen LogP contribution in [-0.2, 0) is 0 Å². The summed E-state index contributed by atoms with van der Waals surface area (Å²) < 4.78 is 0. The van der Waals surface area contributed by atoms with Crippen molar-refractivity contribution in [3.8, 4) is 0 Å². The summed E-state index contributed by atoms with van der Waals surface area (Å²) in [5, 5.41) is 4.31. The highest BCUT2D eigenvalue weighted by atomic mass is 35.5. The molecule has 0 aliphatic carbocycles. The summed E-state index contributed by atoms with van der Waals surface area (Å²) in [6.45, 7) is 9.72. The smallest absolute Gasteiger partial charge is 0.0408 e. The lowest BCUT2D eigenvalue weighted by molar-refractivity contribution is 0.412. The van der Waals surface area contributed by atoms with Crippen LogP contribution in [0.1, 0.15) is 39.2 Å². The second kappa shape index (κ2) is 5.00. The Balaban J connectivity index is 2.58. The molecule has 1 aromatic rings. The van der Waals surface area contributed by atoms with Crippen molar-refractivity contribution in [3.63, 3.8) is 0 Å². The minimum Gasteiger partial charge on any atom is -0.311 e. The van der Waals surface area contributed by atoms with Crippen LogP contribution in [0.5, 0.6) is 0 Å². The normalized spacial score (nSPS) is 13.9. The first-order chi connectivity index (χ1) is 6.88. The molecule has 0 heterocycles. The van der Waals surface area contributed by atoms with Gasteiger partial charge in [-0.2, -0.15) is 0 Å². The van der Waals surface area contributed by atoms with E-state index in [1.165, 1.54) is 5.56 Å². The van der Waals surface area contributed by atoms with E-state index in [0.717, 1.165) is 11.6 Å². The topological polar surface area (TPSA) is 12.0 Å². The van der Waals surface area contributed by atoms with E-state index >= 15 is 0 Å². The van der Waals surface area contributed by atoms with Gasteiger partial charge in [0.15, 0.2) is 0 Å². The number of rotatable bonds is 3. The molecule has 0 spiro atoms. The first-order valence-electron chi connectivity index (χ1n) is 5.39. The van der Waals surface area contributed by atoms with Gasteiger partial charge in [-0.3, -0.25) is 0 Å². The van der Waals surface area contributed by atoms with Gasteiger partial charge in [-0.25, -0.2) is 0 Å². The maximum absolute atomic E-state index is 5.96. The van der Waals surface area contributed by atoms with Gasteiger partial charge < -0.3 is 5.32 Å². The fourth-order valence-corrected chi connectivity index (χ4v) is 1.59. The van der Waals surface area contributed by atoms with Gasteiger partial charge in [0, 0.05) is 17.1 Å². The van der Waals surface area contributed by atoms with Crippen LogP contribution in [-0.4, -0.2) is 12.1 Å². The molecule has 1 unspecified atom stereocenters. The fourth-order valence-electron chi connectivity index (χ4n) is 1.39. The number of benzene rings is 1. The van der Waals surface area contributed by atoms with Gasteiger partial charge in [0.2, 0.25) is 0 Å². The zero-order chi connectivity index (χ0) is 11.5. The second-order valence-electron chi connectivity index (χ2n) is 5.09. The average molecular weight is 226 g/mol. The molecule has 0 aromatic heterocycles. The van der Waals surface area contributed by atoms with E-state index in [1.807, 2.05) is 18.2 Å². The molecule has 1 aromatic carbocycles. The van der Waals surface area contributed by atoms with Crippen LogP contribution < -0.4 is 5.32 Å². The summed E-state index contributed by atoms with van der Waals surface area (Å²) in [6.07, 6.45) is 0. The van der Waals surface area contributed by atoms with Crippen molar-refractivity contribution in [2.45, 2.75) is 39.2 Å². The third kappa shape index (κ3) is 4.67. The van der Waals surface area contributed by atoms with Crippen molar-refractivity contribution in [1.29, 1.82) is 0 Å². The van der Waals surface area contributed by atoms with Crippen LogP contribution in [0, 0.1) is 0 Å². The summed E-state index contributed by atoms with van der Waals surface area (Å²) in [6, 6.07) is 8.08. The molecule has 0 saturated heterocycles. The van der Waals surface area contributed by atoms with Gasteiger partial charge in [-0.15, -0.1) is 0 Å². The molecule has 1 nitrogen and oxygen atoms in total. The molecule has 2 heteroatoms. The minimum atomic E-state index is 0.173. The zero-order valence-corrected chi connectivity index (χ0v) is 10.7. The van der Waals surface area contributed by atoms with Crippen molar-refractivity contribution in [1.82, 2.24) is 5.32 Å². The standard InChI is InChI=1S/C13H20ClN/c1-10(9-15-13(2,3)4)11-6-5-7-12(14)8-11/h5-8,10,15H,9H2,1-4H3.